The first-order chi connectivity index (χ1) is 12.8. The molecule has 27 heavy (non-hydrogen) atoms. The number of likely N-dealkylation sites (tertiary alicyclic amines) is 1. The van der Waals surface area contributed by atoms with Crippen molar-refractivity contribution < 1.29 is 17.9 Å². The minimum absolute atomic E-state index is 0.0553. The highest BCUT2D eigenvalue weighted by molar-refractivity contribution is 7.90. The van der Waals surface area contributed by atoms with Crippen LogP contribution in [-0.2, 0) is 10.0 Å². The van der Waals surface area contributed by atoms with Crippen LogP contribution in [-0.4, -0.2) is 56.3 Å². The van der Waals surface area contributed by atoms with Gasteiger partial charge in [0.25, 0.3) is 10.0 Å². The van der Waals surface area contributed by atoms with Crippen LogP contribution in [0.25, 0.3) is 0 Å². The zero-order valence-electron chi connectivity index (χ0n) is 15.4. The summed E-state index contributed by atoms with van der Waals surface area (Å²) in [5.74, 6) is 0.0107. The summed E-state index contributed by atoms with van der Waals surface area (Å²) in [5.41, 5.74) is 6.89. The summed E-state index contributed by atoms with van der Waals surface area (Å²) in [6.45, 7) is 4.81. The van der Waals surface area contributed by atoms with E-state index in [4.69, 9.17) is 10.5 Å². The Bertz CT molecular complexity index is 853. The first-order valence-electron chi connectivity index (χ1n) is 8.92. The molecular formula is C17H25N5O4S. The zero-order valence-corrected chi connectivity index (χ0v) is 16.3. The van der Waals surface area contributed by atoms with E-state index in [-0.39, 0.29) is 29.8 Å². The third-order valence-corrected chi connectivity index (χ3v) is 5.43. The third kappa shape index (κ3) is 4.44. The molecule has 0 saturated carbocycles. The van der Waals surface area contributed by atoms with Gasteiger partial charge >= 0.3 is 6.03 Å². The minimum Gasteiger partial charge on any atom is -0.491 e. The Kier molecular flexibility index (Phi) is 5.45. The number of ether oxygens (including phenoxy) is 1. The molecule has 2 amide bonds. The van der Waals surface area contributed by atoms with E-state index in [1.807, 2.05) is 13.8 Å². The van der Waals surface area contributed by atoms with Crippen molar-refractivity contribution >= 4 is 27.6 Å². The van der Waals surface area contributed by atoms with E-state index in [9.17, 15) is 13.2 Å². The van der Waals surface area contributed by atoms with Gasteiger partial charge in [-0.3, -0.25) is 0 Å². The molecule has 148 valence electrons. The monoisotopic (exact) mass is 395 g/mol. The minimum atomic E-state index is -3.68. The van der Waals surface area contributed by atoms with E-state index in [0.29, 0.717) is 30.2 Å². The van der Waals surface area contributed by atoms with Gasteiger partial charge in [0.05, 0.1) is 11.6 Å². The maximum absolute atomic E-state index is 12.3. The van der Waals surface area contributed by atoms with E-state index in [1.54, 1.807) is 23.1 Å². The van der Waals surface area contributed by atoms with Crippen molar-refractivity contribution in [2.45, 2.75) is 38.8 Å². The summed E-state index contributed by atoms with van der Waals surface area (Å²) in [7, 11) is -3.68. The van der Waals surface area contributed by atoms with Gasteiger partial charge in [0.2, 0.25) is 0 Å². The molecule has 9 nitrogen and oxygen atoms in total. The number of anilines is 1. The molecule has 1 fully saturated rings. The van der Waals surface area contributed by atoms with Crippen LogP contribution in [0, 0.1) is 0 Å². The number of amidine groups is 1. The Labute approximate surface area is 159 Å². The molecule has 0 spiro atoms. The number of nitrogens with two attached hydrogens (primary N) is 1. The molecule has 1 aromatic rings. The standard InChI is InChI=1S/C17H25N5O4S/c1-11(2)20-17(23)22-8-4-5-12(22)9-26-14-7-3-6-13-15(14)16(18)21-27(24,25)10-19-13/h3,6-7,11-12,19H,4-5,8-10H2,1-2H3,(H2,18,21)(H,20,23)/t12-/m1/s1. The summed E-state index contributed by atoms with van der Waals surface area (Å²) in [6.07, 6.45) is 1.76. The van der Waals surface area contributed by atoms with Crippen molar-refractivity contribution in [3.05, 3.63) is 23.8 Å². The molecule has 0 aliphatic carbocycles. The predicted molar refractivity (Wildman–Crippen MR) is 103 cm³/mol. The number of nitrogens with one attached hydrogen (secondary N) is 2. The number of carbonyl (C=O) groups excluding carboxylic acids is 1. The molecule has 2 heterocycles. The highest BCUT2D eigenvalue weighted by atomic mass is 32.2. The number of carbonyl (C=O) groups is 1. The second-order valence-corrected chi connectivity index (χ2v) is 8.60. The highest BCUT2D eigenvalue weighted by Crippen LogP contribution is 2.29. The van der Waals surface area contributed by atoms with Gasteiger partial charge in [0, 0.05) is 18.3 Å². The first kappa shape index (κ1) is 19.3. The van der Waals surface area contributed by atoms with Crippen LogP contribution in [0.1, 0.15) is 32.3 Å². The van der Waals surface area contributed by atoms with Crippen LogP contribution in [0.15, 0.2) is 22.6 Å². The number of fused-ring (bicyclic) bond motifs is 1. The molecule has 0 radical (unpaired) electrons. The lowest BCUT2D eigenvalue weighted by Crippen LogP contribution is -2.47. The van der Waals surface area contributed by atoms with Gasteiger partial charge in [-0.05, 0) is 38.8 Å². The molecule has 2 aliphatic rings. The molecule has 2 aliphatic heterocycles. The maximum Gasteiger partial charge on any atom is 0.317 e. The molecule has 1 aromatic carbocycles. The van der Waals surface area contributed by atoms with Gasteiger partial charge in [0.1, 0.15) is 24.1 Å². The Morgan fingerprint density at radius 1 is 1.48 bits per heavy atom. The predicted octanol–water partition coefficient (Wildman–Crippen LogP) is 1.07. The van der Waals surface area contributed by atoms with E-state index >= 15 is 0 Å². The second-order valence-electron chi connectivity index (χ2n) is 6.96. The fraction of sp³-hybridized carbons (Fsp3) is 0.529. The lowest BCUT2D eigenvalue weighted by Gasteiger charge is -2.26. The number of sulfonamides is 1. The van der Waals surface area contributed by atoms with Gasteiger partial charge in [-0.15, -0.1) is 4.40 Å². The number of nitrogens with zero attached hydrogens (tertiary/aromatic N) is 2. The molecule has 0 unspecified atom stereocenters. The Hall–Kier alpha value is -2.49. The summed E-state index contributed by atoms with van der Waals surface area (Å²) in [6, 6.07) is 5.10. The Morgan fingerprint density at radius 3 is 3.00 bits per heavy atom. The quantitative estimate of drug-likeness (QED) is 0.700. The SMILES string of the molecule is CC(C)NC(=O)N1CCC[C@@H]1COc1cccc2c1C(N)=NS(=O)(=O)CN2. The lowest BCUT2D eigenvalue weighted by atomic mass is 10.1. The van der Waals surface area contributed by atoms with Crippen molar-refractivity contribution in [2.24, 2.45) is 10.1 Å². The molecule has 1 atom stereocenters. The van der Waals surface area contributed by atoms with Gasteiger partial charge < -0.3 is 26.0 Å². The molecule has 1 saturated heterocycles. The summed E-state index contributed by atoms with van der Waals surface area (Å²) in [5, 5.41) is 5.73. The van der Waals surface area contributed by atoms with Crippen molar-refractivity contribution in [1.82, 2.24) is 10.2 Å². The van der Waals surface area contributed by atoms with E-state index < -0.39 is 10.0 Å². The smallest absolute Gasteiger partial charge is 0.317 e. The lowest BCUT2D eigenvalue weighted by molar-refractivity contribution is 0.163. The van der Waals surface area contributed by atoms with Gasteiger partial charge in [0.15, 0.2) is 0 Å². The fourth-order valence-electron chi connectivity index (χ4n) is 3.25. The van der Waals surface area contributed by atoms with Crippen molar-refractivity contribution in [1.29, 1.82) is 0 Å². The molecule has 3 rings (SSSR count). The highest BCUT2D eigenvalue weighted by Gasteiger charge is 2.30. The van der Waals surface area contributed by atoms with E-state index in [2.05, 4.69) is 15.0 Å². The molecule has 0 bridgehead atoms. The van der Waals surface area contributed by atoms with Crippen molar-refractivity contribution in [2.75, 3.05) is 24.3 Å². The number of hydrogen-bond donors (Lipinski definition) is 3. The Balaban J connectivity index is 1.77. The van der Waals surface area contributed by atoms with Crippen LogP contribution in [0.3, 0.4) is 0 Å². The average Bonchev–Trinajstić information content (AvgIpc) is 3.01. The van der Waals surface area contributed by atoms with Crippen LogP contribution < -0.4 is 21.1 Å². The molecule has 4 N–H and O–H groups in total. The van der Waals surface area contributed by atoms with Crippen molar-refractivity contribution in [3.63, 3.8) is 0 Å². The topological polar surface area (TPSA) is 126 Å². The van der Waals surface area contributed by atoms with Gasteiger partial charge in [-0.2, -0.15) is 0 Å². The number of rotatable bonds is 4. The van der Waals surface area contributed by atoms with E-state index in [1.165, 1.54) is 0 Å². The van der Waals surface area contributed by atoms with Crippen LogP contribution in [0.4, 0.5) is 10.5 Å². The summed E-state index contributed by atoms with van der Waals surface area (Å²) in [4.78, 5) is 14.1. The van der Waals surface area contributed by atoms with Crippen LogP contribution in [0.2, 0.25) is 0 Å². The van der Waals surface area contributed by atoms with Crippen LogP contribution in [0.5, 0.6) is 5.75 Å². The average molecular weight is 395 g/mol. The summed E-state index contributed by atoms with van der Waals surface area (Å²) < 4.78 is 33.2. The zero-order chi connectivity index (χ0) is 19.6. The third-order valence-electron chi connectivity index (χ3n) is 4.45. The van der Waals surface area contributed by atoms with Gasteiger partial charge in [-0.25, -0.2) is 13.2 Å². The Morgan fingerprint density at radius 2 is 2.26 bits per heavy atom. The molecule has 0 aromatic heterocycles. The van der Waals surface area contributed by atoms with Crippen molar-refractivity contribution in [3.8, 4) is 5.75 Å². The first-order valence-corrected chi connectivity index (χ1v) is 10.5. The number of urea groups is 1. The van der Waals surface area contributed by atoms with Gasteiger partial charge in [-0.1, -0.05) is 6.07 Å². The molecular weight excluding hydrogens is 370 g/mol. The second kappa shape index (κ2) is 7.63. The maximum atomic E-state index is 12.3. The normalized spacial score (nSPS) is 21.1. The van der Waals surface area contributed by atoms with E-state index in [0.717, 1.165) is 12.8 Å². The fourth-order valence-corrected chi connectivity index (χ4v) is 4.05. The van der Waals surface area contributed by atoms with Crippen LogP contribution >= 0.6 is 0 Å². The number of amides is 2. The largest absolute Gasteiger partial charge is 0.491 e. The molecule has 10 heteroatoms. The number of hydrogen-bond acceptors (Lipinski definition) is 6. The number of benzene rings is 1. The summed E-state index contributed by atoms with van der Waals surface area (Å²) >= 11 is 0.